The molecule has 12 nitrogen and oxygen atoms in total. The Labute approximate surface area is 226 Å². The van der Waals surface area contributed by atoms with Gasteiger partial charge >= 0.3 is 11.9 Å². The van der Waals surface area contributed by atoms with Crippen LogP contribution in [0.1, 0.15) is 41.4 Å². The quantitative estimate of drug-likeness (QED) is 0.103. The number of nitrogens with one attached hydrogen (secondary N) is 2. The minimum atomic E-state index is -1.31. The molecule has 0 aromatic heterocycles. The molecule has 0 saturated heterocycles. The molecule has 0 unspecified atom stereocenters. The van der Waals surface area contributed by atoms with Gasteiger partial charge in [-0.2, -0.15) is 0 Å². The van der Waals surface area contributed by atoms with Crippen LogP contribution < -0.4 is 32.0 Å². The lowest BCUT2D eigenvalue weighted by Gasteiger charge is -2.15. The molecule has 0 aliphatic heterocycles. The smallest absolute Gasteiger partial charge is 0.336 e. The van der Waals surface area contributed by atoms with Crippen molar-refractivity contribution in [2.75, 3.05) is 0 Å². The summed E-state index contributed by atoms with van der Waals surface area (Å²) in [4.78, 5) is 47.3. The lowest BCUT2D eigenvalue weighted by Crippen LogP contribution is -2.31. The summed E-state index contributed by atoms with van der Waals surface area (Å²) in [7, 11) is 0. The highest BCUT2D eigenvalue weighted by atomic mass is 16.5. The van der Waals surface area contributed by atoms with Crippen molar-refractivity contribution in [1.29, 1.82) is 0 Å². The molecule has 2 amide bonds. The van der Waals surface area contributed by atoms with Crippen molar-refractivity contribution in [2.45, 2.75) is 0 Å². The van der Waals surface area contributed by atoms with Crippen LogP contribution in [0.25, 0.3) is 11.1 Å². The van der Waals surface area contributed by atoms with E-state index in [4.69, 9.17) is 21.2 Å². The van der Waals surface area contributed by atoms with Crippen molar-refractivity contribution in [1.82, 2.24) is 10.9 Å². The van der Waals surface area contributed by atoms with Crippen LogP contribution in [0.4, 0.5) is 0 Å². The summed E-state index contributed by atoms with van der Waals surface area (Å²) in [5.41, 5.74) is 4.29. The van der Waals surface area contributed by atoms with Gasteiger partial charge in [-0.05, 0) is 60.2 Å². The number of nitrogens with two attached hydrogens (primary N) is 2. The van der Waals surface area contributed by atoms with Crippen LogP contribution in [0.15, 0.2) is 84.9 Å². The van der Waals surface area contributed by atoms with E-state index in [0.29, 0.717) is 17.1 Å². The van der Waals surface area contributed by atoms with Gasteiger partial charge in [0.25, 0.3) is 11.8 Å². The molecular weight excluding hydrogens is 520 g/mol. The van der Waals surface area contributed by atoms with Crippen molar-refractivity contribution in [3.63, 3.8) is 0 Å². The number of hydrogen-bond acceptors (Lipinski definition) is 8. The minimum Gasteiger partial charge on any atom is -0.478 e. The first-order valence-corrected chi connectivity index (χ1v) is 11.5. The Hall–Kier alpha value is -5.72. The van der Waals surface area contributed by atoms with Gasteiger partial charge in [-0.3, -0.25) is 20.4 Å². The predicted molar refractivity (Wildman–Crippen MR) is 142 cm³/mol. The van der Waals surface area contributed by atoms with Gasteiger partial charge in [-0.1, -0.05) is 30.3 Å². The maximum absolute atomic E-state index is 12.2. The Morgan fingerprint density at radius 3 is 1.55 bits per heavy atom. The second kappa shape index (κ2) is 11.8. The van der Waals surface area contributed by atoms with Crippen molar-refractivity contribution in [3.8, 4) is 34.1 Å². The van der Waals surface area contributed by atoms with Crippen molar-refractivity contribution in [2.24, 2.45) is 11.7 Å². The Bertz CT molecular complexity index is 1620. The largest absolute Gasteiger partial charge is 0.478 e. The normalized spacial score (nSPS) is 10.3. The average Bonchev–Trinajstić information content (AvgIpc) is 2.97. The zero-order valence-corrected chi connectivity index (χ0v) is 20.6. The van der Waals surface area contributed by atoms with E-state index in [1.54, 1.807) is 18.2 Å². The zero-order chi connectivity index (χ0) is 28.8. The lowest BCUT2D eigenvalue weighted by molar-refractivity contribution is 0.0682. The molecule has 40 heavy (non-hydrogen) atoms. The molecule has 4 aromatic rings. The average molecular weight is 543 g/mol. The third-order valence-corrected chi connectivity index (χ3v) is 5.69. The number of carbonyl (C=O) groups is 4. The molecule has 0 radical (unpaired) electrons. The predicted octanol–water partition coefficient (Wildman–Crippen LogP) is 3.54. The van der Waals surface area contributed by atoms with Gasteiger partial charge in [0.1, 0.15) is 23.0 Å². The first-order valence-electron chi connectivity index (χ1n) is 11.5. The zero-order valence-electron chi connectivity index (χ0n) is 20.6. The highest BCUT2D eigenvalue weighted by Crippen LogP contribution is 2.38. The molecule has 0 aliphatic rings. The molecule has 0 spiro atoms. The number of ether oxygens (including phenoxy) is 2. The van der Waals surface area contributed by atoms with Crippen molar-refractivity contribution < 1.29 is 38.9 Å². The fraction of sp³-hybridized carbons (Fsp3) is 0. The highest BCUT2D eigenvalue weighted by molar-refractivity contribution is 6.05. The first-order chi connectivity index (χ1) is 19.2. The topological polar surface area (TPSA) is 203 Å². The summed E-state index contributed by atoms with van der Waals surface area (Å²) in [5.74, 6) is 7.23. The van der Waals surface area contributed by atoms with E-state index in [2.05, 4.69) is 0 Å². The highest BCUT2D eigenvalue weighted by Gasteiger charge is 2.20. The maximum atomic E-state index is 12.2. The summed E-state index contributed by atoms with van der Waals surface area (Å²) in [5, 5.41) is 18.8. The number of hydrogen-bond donors (Lipinski definition) is 6. The molecule has 0 aliphatic carbocycles. The molecular formula is C28H22N4O8. The maximum Gasteiger partial charge on any atom is 0.336 e. The van der Waals surface area contributed by atoms with Gasteiger partial charge in [0.2, 0.25) is 0 Å². The number of aromatic carboxylic acids is 2. The summed E-state index contributed by atoms with van der Waals surface area (Å²) < 4.78 is 12.0. The summed E-state index contributed by atoms with van der Waals surface area (Å²) in [6.07, 6.45) is 0. The van der Waals surface area contributed by atoms with E-state index in [-0.39, 0.29) is 33.8 Å². The number of hydrazine groups is 2. The lowest BCUT2D eigenvalue weighted by atomic mass is 10.0. The fourth-order valence-electron chi connectivity index (χ4n) is 3.85. The number of carboxylic acid groups (broad SMARTS) is 2. The van der Waals surface area contributed by atoms with E-state index in [1.807, 2.05) is 41.2 Å². The van der Waals surface area contributed by atoms with E-state index >= 15 is 0 Å². The number of benzene rings is 4. The van der Waals surface area contributed by atoms with Crippen LogP contribution in [0.2, 0.25) is 0 Å². The van der Waals surface area contributed by atoms with Crippen LogP contribution in [0.3, 0.4) is 0 Å². The second-order valence-electron chi connectivity index (χ2n) is 8.20. The van der Waals surface area contributed by atoms with Gasteiger partial charge < -0.3 is 19.7 Å². The minimum absolute atomic E-state index is 0.177. The molecule has 4 aromatic carbocycles. The third-order valence-electron chi connectivity index (χ3n) is 5.69. The molecule has 0 bridgehead atoms. The molecule has 12 heteroatoms. The van der Waals surface area contributed by atoms with Crippen molar-refractivity contribution in [3.05, 3.63) is 107 Å². The molecule has 0 saturated carbocycles. The number of amides is 2. The monoisotopic (exact) mass is 542 g/mol. The number of carboxylic acids is 2. The van der Waals surface area contributed by atoms with Crippen LogP contribution in [0, 0.1) is 0 Å². The van der Waals surface area contributed by atoms with E-state index < -0.39 is 23.8 Å². The van der Waals surface area contributed by atoms with Crippen molar-refractivity contribution >= 4 is 23.8 Å². The van der Waals surface area contributed by atoms with Gasteiger partial charge in [0.15, 0.2) is 0 Å². The Kier molecular flexibility index (Phi) is 8.04. The van der Waals surface area contributed by atoms with E-state index in [0.717, 1.165) is 5.56 Å². The molecule has 0 atom stereocenters. The SMILES string of the molecule is NNC(=O)c1cc(Oc2ccc(Oc3ccc(C(=O)O)c(C(=O)NN)c3)c(-c3ccccc3)c2)ccc1C(=O)O. The van der Waals surface area contributed by atoms with Gasteiger partial charge in [0.05, 0.1) is 22.3 Å². The summed E-state index contributed by atoms with van der Waals surface area (Å²) >= 11 is 0. The Morgan fingerprint density at radius 1 is 0.575 bits per heavy atom. The molecule has 202 valence electrons. The second-order valence-corrected chi connectivity index (χ2v) is 8.20. The number of nitrogen functional groups attached to an aromatic ring is 2. The number of rotatable bonds is 9. The molecule has 8 N–H and O–H groups in total. The molecule has 4 rings (SSSR count). The van der Waals surface area contributed by atoms with Crippen LogP contribution in [-0.4, -0.2) is 34.0 Å². The van der Waals surface area contributed by atoms with Gasteiger partial charge in [0, 0.05) is 5.56 Å². The molecule has 0 fully saturated rings. The standard InChI is InChI=1S/C28H22N4O8/c29-31-25(33)22-13-16(6-9-19(22)27(35)36)39-17-8-11-24(21(12-17)15-4-2-1-3-5-15)40-18-7-10-20(28(37)38)23(14-18)26(34)32-30/h1-14H,29-30H2,(H,31,33)(H,32,34)(H,35,36)(H,37,38). The summed E-state index contributed by atoms with van der Waals surface area (Å²) in [6.45, 7) is 0. The Balaban J connectivity index is 1.73. The van der Waals surface area contributed by atoms with E-state index in [1.165, 1.54) is 36.4 Å². The van der Waals surface area contributed by atoms with Gasteiger partial charge in [-0.25, -0.2) is 21.3 Å². The van der Waals surface area contributed by atoms with Gasteiger partial charge in [-0.15, -0.1) is 0 Å². The van der Waals surface area contributed by atoms with E-state index in [9.17, 15) is 29.4 Å². The number of carbonyl (C=O) groups excluding carboxylic acids is 2. The third kappa shape index (κ3) is 5.88. The summed E-state index contributed by atoms with van der Waals surface area (Å²) in [6, 6.07) is 21.8. The Morgan fingerprint density at radius 2 is 1.05 bits per heavy atom. The first kappa shape index (κ1) is 27.3. The van der Waals surface area contributed by atoms with Crippen LogP contribution in [-0.2, 0) is 0 Å². The van der Waals surface area contributed by atoms with Crippen LogP contribution in [0.5, 0.6) is 23.0 Å². The molecule has 0 heterocycles. The van der Waals surface area contributed by atoms with Crippen LogP contribution >= 0.6 is 0 Å². The fourth-order valence-corrected chi connectivity index (χ4v) is 3.85.